The summed E-state index contributed by atoms with van der Waals surface area (Å²) in [6, 6.07) is 8.45. The molecule has 20 heavy (non-hydrogen) atoms. The van der Waals surface area contributed by atoms with Gasteiger partial charge in [-0.25, -0.2) is 0 Å². The summed E-state index contributed by atoms with van der Waals surface area (Å²) in [6.07, 6.45) is 3.74. The lowest BCUT2D eigenvalue weighted by atomic mass is 10.0. The van der Waals surface area contributed by atoms with Crippen molar-refractivity contribution in [1.82, 2.24) is 5.32 Å². The van der Waals surface area contributed by atoms with Crippen LogP contribution < -0.4 is 10.6 Å². The fraction of sp³-hybridized carbons (Fsp3) is 0.588. The molecule has 0 heterocycles. The number of carbonyl (C=O) groups is 1. The first-order valence-electron chi connectivity index (χ1n) is 7.58. The van der Waals surface area contributed by atoms with Gasteiger partial charge in [0.2, 0.25) is 5.91 Å². The highest BCUT2D eigenvalue weighted by molar-refractivity contribution is 5.89. The van der Waals surface area contributed by atoms with Gasteiger partial charge in [0.1, 0.15) is 0 Å². The summed E-state index contributed by atoms with van der Waals surface area (Å²) in [5, 5.41) is 6.41. The van der Waals surface area contributed by atoms with Crippen molar-refractivity contribution < 1.29 is 4.79 Å². The standard InChI is InChI=1S/C17H28N2O/c1-13(2)8-7-9-14(3)18-12-16-10-5-6-11-17(16)19-15(4)20/h5-6,10-11,13-14,18H,7-9,12H2,1-4H3,(H,19,20). The molecule has 1 atom stereocenters. The zero-order valence-corrected chi connectivity index (χ0v) is 13.2. The number of amides is 1. The molecule has 1 aromatic carbocycles. The van der Waals surface area contributed by atoms with E-state index in [0.29, 0.717) is 6.04 Å². The molecule has 0 aliphatic rings. The maximum absolute atomic E-state index is 11.2. The van der Waals surface area contributed by atoms with Crippen LogP contribution in [0.4, 0.5) is 5.69 Å². The highest BCUT2D eigenvalue weighted by atomic mass is 16.1. The van der Waals surface area contributed by atoms with Crippen LogP contribution >= 0.6 is 0 Å². The van der Waals surface area contributed by atoms with Crippen molar-refractivity contribution in [1.29, 1.82) is 0 Å². The molecule has 3 heteroatoms. The molecule has 2 N–H and O–H groups in total. The molecule has 1 unspecified atom stereocenters. The van der Waals surface area contributed by atoms with Crippen molar-refractivity contribution in [2.24, 2.45) is 5.92 Å². The smallest absolute Gasteiger partial charge is 0.221 e. The second-order valence-electron chi connectivity index (χ2n) is 5.95. The summed E-state index contributed by atoms with van der Waals surface area (Å²) in [5.41, 5.74) is 2.04. The Balaban J connectivity index is 2.42. The monoisotopic (exact) mass is 276 g/mol. The van der Waals surface area contributed by atoms with Crippen molar-refractivity contribution in [3.8, 4) is 0 Å². The van der Waals surface area contributed by atoms with Crippen molar-refractivity contribution in [3.05, 3.63) is 29.8 Å². The topological polar surface area (TPSA) is 41.1 Å². The molecule has 0 fully saturated rings. The average molecular weight is 276 g/mol. The van der Waals surface area contributed by atoms with E-state index in [4.69, 9.17) is 0 Å². The first-order chi connectivity index (χ1) is 9.49. The van der Waals surface area contributed by atoms with Crippen LogP contribution in [0.5, 0.6) is 0 Å². The van der Waals surface area contributed by atoms with E-state index in [2.05, 4.69) is 37.5 Å². The van der Waals surface area contributed by atoms with Gasteiger partial charge in [-0.05, 0) is 30.9 Å². The van der Waals surface area contributed by atoms with E-state index in [1.807, 2.05) is 18.2 Å². The minimum Gasteiger partial charge on any atom is -0.326 e. The van der Waals surface area contributed by atoms with E-state index < -0.39 is 0 Å². The van der Waals surface area contributed by atoms with Gasteiger partial charge in [-0.15, -0.1) is 0 Å². The van der Waals surface area contributed by atoms with Crippen molar-refractivity contribution in [2.45, 2.75) is 59.5 Å². The van der Waals surface area contributed by atoms with Crippen molar-refractivity contribution in [2.75, 3.05) is 5.32 Å². The number of anilines is 1. The summed E-state index contributed by atoms with van der Waals surface area (Å²) < 4.78 is 0. The van der Waals surface area contributed by atoms with Gasteiger partial charge in [0.05, 0.1) is 0 Å². The van der Waals surface area contributed by atoms with Crippen LogP contribution in [-0.4, -0.2) is 11.9 Å². The van der Waals surface area contributed by atoms with Gasteiger partial charge < -0.3 is 10.6 Å². The molecule has 0 bridgehead atoms. The van der Waals surface area contributed by atoms with Crippen LogP contribution in [0.15, 0.2) is 24.3 Å². The minimum atomic E-state index is -0.0255. The summed E-state index contributed by atoms with van der Waals surface area (Å²) in [6.45, 7) is 9.09. The quantitative estimate of drug-likeness (QED) is 0.755. The van der Waals surface area contributed by atoms with Crippen molar-refractivity contribution >= 4 is 11.6 Å². The Morgan fingerprint density at radius 3 is 2.50 bits per heavy atom. The summed E-state index contributed by atoms with van der Waals surface area (Å²) in [5.74, 6) is 0.755. The molecule has 1 rings (SSSR count). The molecule has 0 aliphatic carbocycles. The van der Waals surface area contributed by atoms with Gasteiger partial charge >= 0.3 is 0 Å². The van der Waals surface area contributed by atoms with E-state index in [9.17, 15) is 4.79 Å². The van der Waals surface area contributed by atoms with Gasteiger partial charge in [0.25, 0.3) is 0 Å². The Labute approximate surface area is 123 Å². The van der Waals surface area contributed by atoms with E-state index in [1.165, 1.54) is 19.3 Å². The molecular weight excluding hydrogens is 248 g/mol. The SMILES string of the molecule is CC(=O)Nc1ccccc1CNC(C)CCCC(C)C. The highest BCUT2D eigenvalue weighted by Crippen LogP contribution is 2.15. The molecule has 3 nitrogen and oxygen atoms in total. The van der Waals surface area contributed by atoms with Gasteiger partial charge in [-0.1, -0.05) is 44.9 Å². The van der Waals surface area contributed by atoms with E-state index in [1.54, 1.807) is 6.92 Å². The maximum atomic E-state index is 11.2. The largest absolute Gasteiger partial charge is 0.326 e. The number of para-hydroxylation sites is 1. The van der Waals surface area contributed by atoms with E-state index >= 15 is 0 Å². The van der Waals surface area contributed by atoms with Gasteiger partial charge in [-0.2, -0.15) is 0 Å². The van der Waals surface area contributed by atoms with Crippen molar-refractivity contribution in [3.63, 3.8) is 0 Å². The lowest BCUT2D eigenvalue weighted by molar-refractivity contribution is -0.114. The van der Waals surface area contributed by atoms with Crippen LogP contribution in [0, 0.1) is 5.92 Å². The zero-order valence-electron chi connectivity index (χ0n) is 13.2. The molecule has 1 amide bonds. The molecular formula is C17H28N2O. The minimum absolute atomic E-state index is 0.0255. The number of hydrogen-bond acceptors (Lipinski definition) is 2. The fourth-order valence-corrected chi connectivity index (χ4v) is 2.20. The third-order valence-corrected chi connectivity index (χ3v) is 3.39. The Morgan fingerprint density at radius 1 is 1.15 bits per heavy atom. The lowest BCUT2D eigenvalue weighted by Gasteiger charge is -2.16. The Hall–Kier alpha value is -1.35. The fourth-order valence-electron chi connectivity index (χ4n) is 2.20. The Kier molecular flexibility index (Phi) is 7.31. The number of rotatable bonds is 8. The average Bonchev–Trinajstić information content (AvgIpc) is 2.36. The molecule has 0 aliphatic heterocycles. The summed E-state index contributed by atoms with van der Waals surface area (Å²) in [7, 11) is 0. The molecule has 0 saturated heterocycles. The van der Waals surface area contributed by atoms with Gasteiger partial charge in [0, 0.05) is 25.2 Å². The van der Waals surface area contributed by atoms with E-state index in [0.717, 1.165) is 23.7 Å². The molecule has 0 aromatic heterocycles. The number of benzene rings is 1. The van der Waals surface area contributed by atoms with E-state index in [-0.39, 0.29) is 5.91 Å². The molecule has 112 valence electrons. The number of hydrogen-bond donors (Lipinski definition) is 2. The highest BCUT2D eigenvalue weighted by Gasteiger charge is 2.06. The molecule has 0 spiro atoms. The van der Waals surface area contributed by atoms with Crippen LogP contribution in [0.1, 0.15) is 52.5 Å². The Morgan fingerprint density at radius 2 is 1.85 bits per heavy atom. The van der Waals surface area contributed by atoms with Crippen LogP contribution in [0.2, 0.25) is 0 Å². The van der Waals surface area contributed by atoms with Crippen LogP contribution in [0.3, 0.4) is 0 Å². The van der Waals surface area contributed by atoms with Gasteiger partial charge in [0.15, 0.2) is 0 Å². The predicted molar refractivity (Wildman–Crippen MR) is 85.7 cm³/mol. The third kappa shape index (κ3) is 6.71. The van der Waals surface area contributed by atoms with Gasteiger partial charge in [-0.3, -0.25) is 4.79 Å². The number of carbonyl (C=O) groups excluding carboxylic acids is 1. The number of nitrogens with one attached hydrogen (secondary N) is 2. The second kappa shape index (κ2) is 8.75. The summed E-state index contributed by atoms with van der Waals surface area (Å²) in [4.78, 5) is 11.2. The summed E-state index contributed by atoms with van der Waals surface area (Å²) >= 11 is 0. The predicted octanol–water partition coefficient (Wildman–Crippen LogP) is 3.95. The first-order valence-corrected chi connectivity index (χ1v) is 7.58. The maximum Gasteiger partial charge on any atom is 0.221 e. The molecule has 0 saturated carbocycles. The Bertz CT molecular complexity index is 415. The molecule has 0 radical (unpaired) electrons. The molecule has 1 aromatic rings. The second-order valence-corrected chi connectivity index (χ2v) is 5.95. The zero-order chi connectivity index (χ0) is 15.0. The van der Waals surface area contributed by atoms with Crippen LogP contribution in [0.25, 0.3) is 0 Å². The first kappa shape index (κ1) is 16.7. The third-order valence-electron chi connectivity index (χ3n) is 3.39. The van der Waals surface area contributed by atoms with Crippen LogP contribution in [-0.2, 0) is 11.3 Å². The lowest BCUT2D eigenvalue weighted by Crippen LogP contribution is -2.26. The normalized spacial score (nSPS) is 12.4.